The van der Waals surface area contributed by atoms with Crippen LogP contribution in [0.1, 0.15) is 37.9 Å². The number of aromatic nitrogens is 5. The van der Waals surface area contributed by atoms with E-state index in [0.717, 1.165) is 34.0 Å². The zero-order valence-electron chi connectivity index (χ0n) is 23.3. The molecule has 4 rings (SSSR count). The summed E-state index contributed by atoms with van der Waals surface area (Å²) in [4.78, 5) is 16.3. The molecule has 1 aliphatic rings. The van der Waals surface area contributed by atoms with Crippen LogP contribution >= 0.6 is 0 Å². The van der Waals surface area contributed by atoms with E-state index < -0.39 is 6.10 Å². The number of nitrogens with zero attached hydrogens (tertiary/aromatic N) is 7. The molecule has 0 aromatic carbocycles. The SMILES string of the molecule is CCO/C(N)=C1\C=C\c2cnc3c(C)nc(cn23)-c2c(C)nn(C)c2OC(C)CN(C)CC1=NCC(C)O. The smallest absolute Gasteiger partial charge is 0.221 e. The molecule has 4 heterocycles. The van der Waals surface area contributed by atoms with Gasteiger partial charge in [0.2, 0.25) is 5.88 Å². The van der Waals surface area contributed by atoms with Crippen molar-refractivity contribution in [1.82, 2.24) is 29.0 Å². The second kappa shape index (κ2) is 11.4. The van der Waals surface area contributed by atoms with E-state index in [1.807, 2.05) is 64.5 Å². The number of nitrogens with two attached hydrogens (primary N) is 1. The summed E-state index contributed by atoms with van der Waals surface area (Å²) in [6.07, 6.45) is 6.84. The van der Waals surface area contributed by atoms with Crippen molar-refractivity contribution in [3.63, 3.8) is 0 Å². The maximum Gasteiger partial charge on any atom is 0.221 e. The summed E-state index contributed by atoms with van der Waals surface area (Å²) in [5, 5.41) is 14.6. The standard InChI is InChI=1S/C27H38N8O3/c1-8-37-25(28)21-10-9-20-12-30-26-19(5)31-23(15-35(20)26)24-18(4)32-34(7)27(24)38-17(3)13-33(6)14-22(21)29-11-16(2)36/h9-10,12,15-17,36H,8,11,13-14,28H2,1-7H3/b10-9+,25-21+,29-22?. The molecule has 3 aromatic rings. The Balaban J connectivity index is 1.95. The van der Waals surface area contributed by atoms with Gasteiger partial charge >= 0.3 is 0 Å². The predicted octanol–water partition coefficient (Wildman–Crippen LogP) is 2.50. The molecule has 0 radical (unpaired) electrons. The lowest BCUT2D eigenvalue weighted by Crippen LogP contribution is -2.36. The van der Waals surface area contributed by atoms with Gasteiger partial charge in [0.05, 0.1) is 65.1 Å². The average molecular weight is 523 g/mol. The van der Waals surface area contributed by atoms with E-state index in [1.165, 1.54) is 0 Å². The third-order valence-electron chi connectivity index (χ3n) is 6.26. The van der Waals surface area contributed by atoms with E-state index in [-0.39, 0.29) is 18.5 Å². The van der Waals surface area contributed by atoms with Crippen molar-refractivity contribution in [3.05, 3.63) is 47.0 Å². The van der Waals surface area contributed by atoms with Gasteiger partial charge in [0, 0.05) is 26.3 Å². The Labute approximate surface area is 223 Å². The number of aliphatic imine (C=N–C) groups is 1. The van der Waals surface area contributed by atoms with Gasteiger partial charge in [0.25, 0.3) is 0 Å². The Morgan fingerprint density at radius 2 is 2.05 bits per heavy atom. The number of likely N-dealkylation sites (N-methyl/N-ethyl adjacent to an activating group) is 1. The highest BCUT2D eigenvalue weighted by Gasteiger charge is 2.23. The predicted molar refractivity (Wildman–Crippen MR) is 148 cm³/mol. The summed E-state index contributed by atoms with van der Waals surface area (Å²) in [5.41, 5.74) is 12.6. The first kappa shape index (κ1) is 27.3. The fraction of sp³-hybridized carbons (Fsp3) is 0.481. The van der Waals surface area contributed by atoms with Crippen molar-refractivity contribution >= 4 is 17.4 Å². The van der Waals surface area contributed by atoms with Crippen molar-refractivity contribution in [2.24, 2.45) is 17.8 Å². The molecule has 1 aliphatic heterocycles. The number of ether oxygens (including phenoxy) is 2. The van der Waals surface area contributed by atoms with E-state index in [1.54, 1.807) is 17.8 Å². The summed E-state index contributed by atoms with van der Waals surface area (Å²) in [5.74, 6) is 0.933. The number of aryl methyl sites for hydroxylation is 3. The fourth-order valence-corrected chi connectivity index (χ4v) is 4.64. The van der Waals surface area contributed by atoms with Crippen LogP contribution in [0.2, 0.25) is 0 Å². The van der Waals surface area contributed by atoms with Gasteiger partial charge in [-0.25, -0.2) is 14.6 Å². The van der Waals surface area contributed by atoms with Crippen LogP contribution in [0.4, 0.5) is 0 Å². The Morgan fingerprint density at radius 3 is 2.76 bits per heavy atom. The van der Waals surface area contributed by atoms with E-state index >= 15 is 0 Å². The molecule has 0 saturated heterocycles. The molecule has 0 fully saturated rings. The number of aliphatic hydroxyl groups excluding tert-OH is 1. The Kier molecular flexibility index (Phi) is 8.17. The second-order valence-electron chi connectivity index (χ2n) is 9.78. The van der Waals surface area contributed by atoms with Crippen LogP contribution in [0, 0.1) is 13.8 Å². The van der Waals surface area contributed by atoms with Crippen LogP contribution in [0.15, 0.2) is 34.9 Å². The third kappa shape index (κ3) is 5.73. The molecular formula is C27H38N8O3. The maximum absolute atomic E-state index is 9.96. The van der Waals surface area contributed by atoms with Crippen LogP contribution in [-0.2, 0) is 11.8 Å². The first-order valence-corrected chi connectivity index (χ1v) is 12.8. The highest BCUT2D eigenvalue weighted by Crippen LogP contribution is 2.33. The summed E-state index contributed by atoms with van der Waals surface area (Å²) in [6, 6.07) is 0. The van der Waals surface area contributed by atoms with E-state index in [4.69, 9.17) is 25.2 Å². The summed E-state index contributed by atoms with van der Waals surface area (Å²) >= 11 is 0. The van der Waals surface area contributed by atoms with Crippen LogP contribution in [0.25, 0.3) is 23.0 Å². The summed E-state index contributed by atoms with van der Waals surface area (Å²) < 4.78 is 15.9. The molecule has 11 nitrogen and oxygen atoms in total. The van der Waals surface area contributed by atoms with Gasteiger partial charge in [-0.3, -0.25) is 14.3 Å². The van der Waals surface area contributed by atoms with Gasteiger partial charge in [0.1, 0.15) is 6.10 Å². The third-order valence-corrected chi connectivity index (χ3v) is 6.26. The van der Waals surface area contributed by atoms with E-state index in [0.29, 0.717) is 36.9 Å². The first-order chi connectivity index (χ1) is 18.1. The molecule has 3 aromatic heterocycles. The van der Waals surface area contributed by atoms with Gasteiger partial charge in [0.15, 0.2) is 11.5 Å². The molecule has 11 heteroatoms. The van der Waals surface area contributed by atoms with Crippen molar-refractivity contribution in [3.8, 4) is 17.1 Å². The van der Waals surface area contributed by atoms with Crippen LogP contribution in [0.5, 0.6) is 5.88 Å². The fourth-order valence-electron chi connectivity index (χ4n) is 4.64. The quantitative estimate of drug-likeness (QED) is 0.500. The molecule has 0 spiro atoms. The minimum absolute atomic E-state index is 0.169. The number of hydrogen-bond donors (Lipinski definition) is 2. The Hall–Kier alpha value is -3.70. The van der Waals surface area contributed by atoms with Crippen molar-refractivity contribution in [1.29, 1.82) is 0 Å². The first-order valence-electron chi connectivity index (χ1n) is 12.8. The molecule has 38 heavy (non-hydrogen) atoms. The number of imidazole rings is 1. The van der Waals surface area contributed by atoms with Gasteiger partial charge < -0.3 is 20.3 Å². The average Bonchev–Trinajstić information content (AvgIpc) is 3.36. The van der Waals surface area contributed by atoms with E-state index in [9.17, 15) is 5.11 Å². The summed E-state index contributed by atoms with van der Waals surface area (Å²) in [6.45, 7) is 11.3. The van der Waals surface area contributed by atoms with Crippen LogP contribution < -0.4 is 10.5 Å². The van der Waals surface area contributed by atoms with Crippen LogP contribution in [-0.4, -0.2) is 85.4 Å². The monoisotopic (exact) mass is 522 g/mol. The zero-order chi connectivity index (χ0) is 27.6. The van der Waals surface area contributed by atoms with Gasteiger partial charge in [-0.05, 0) is 53.8 Å². The van der Waals surface area contributed by atoms with Crippen molar-refractivity contribution in [2.75, 3.05) is 33.3 Å². The lowest BCUT2D eigenvalue weighted by atomic mass is 10.1. The minimum atomic E-state index is -0.593. The molecular weight excluding hydrogens is 484 g/mol. The maximum atomic E-state index is 9.96. The molecule has 0 amide bonds. The number of allylic oxidation sites excluding steroid dienone is 1. The van der Waals surface area contributed by atoms with E-state index in [2.05, 4.69) is 15.0 Å². The lowest BCUT2D eigenvalue weighted by molar-refractivity contribution is 0.159. The second-order valence-corrected chi connectivity index (χ2v) is 9.78. The Bertz CT molecular complexity index is 1400. The topological polar surface area (TPSA) is 128 Å². The lowest BCUT2D eigenvalue weighted by Gasteiger charge is -2.24. The number of hydrogen-bond acceptors (Lipinski definition) is 9. The number of fused-ring (bicyclic) bond motifs is 3. The minimum Gasteiger partial charge on any atom is -0.479 e. The van der Waals surface area contributed by atoms with Crippen molar-refractivity contribution < 1.29 is 14.6 Å². The summed E-state index contributed by atoms with van der Waals surface area (Å²) in [7, 11) is 3.87. The molecule has 2 unspecified atom stereocenters. The largest absolute Gasteiger partial charge is 0.479 e. The van der Waals surface area contributed by atoms with Gasteiger partial charge in [-0.2, -0.15) is 5.10 Å². The zero-order valence-corrected chi connectivity index (χ0v) is 23.3. The molecule has 204 valence electrons. The van der Waals surface area contributed by atoms with Gasteiger partial charge in [-0.1, -0.05) is 0 Å². The molecule has 3 N–H and O–H groups in total. The molecule has 2 atom stereocenters. The molecule has 2 bridgehead atoms. The van der Waals surface area contributed by atoms with Crippen LogP contribution in [0.3, 0.4) is 0 Å². The Morgan fingerprint density at radius 1 is 1.29 bits per heavy atom. The van der Waals surface area contributed by atoms with Crippen molar-refractivity contribution in [2.45, 2.75) is 46.8 Å². The molecule has 0 saturated carbocycles. The normalized spacial score (nSPS) is 21.1. The number of aliphatic hydroxyl groups is 1. The van der Waals surface area contributed by atoms with Gasteiger partial charge in [-0.15, -0.1) is 0 Å². The highest BCUT2D eigenvalue weighted by atomic mass is 16.5. The highest BCUT2D eigenvalue weighted by molar-refractivity contribution is 6.05. The molecule has 0 aliphatic carbocycles. The number of rotatable bonds is 4.